The molecule has 0 radical (unpaired) electrons. The number of carbonyl (C=O) groups excluding carboxylic acids is 1. The molecule has 0 saturated heterocycles. The van der Waals surface area contributed by atoms with Gasteiger partial charge in [-0.15, -0.1) is 0 Å². The standard InChI is InChI=1S/C11H15ClN2O3S/c1-4-13-11(15)8-5-6-9(12)10(7-8)14(2)18(3,16)17/h5-7H,4H2,1-3H3,(H,13,15). The lowest BCUT2D eigenvalue weighted by Gasteiger charge is -2.18. The Balaban J connectivity index is 3.21. The van der Waals surface area contributed by atoms with Gasteiger partial charge in [0.25, 0.3) is 5.91 Å². The van der Waals surface area contributed by atoms with Crippen molar-refractivity contribution in [3.8, 4) is 0 Å². The fourth-order valence-electron chi connectivity index (χ4n) is 1.34. The molecular weight excluding hydrogens is 276 g/mol. The van der Waals surface area contributed by atoms with Crippen LogP contribution >= 0.6 is 11.6 Å². The summed E-state index contributed by atoms with van der Waals surface area (Å²) in [4.78, 5) is 11.7. The Labute approximate surface area is 112 Å². The van der Waals surface area contributed by atoms with Crippen LogP contribution in [0.5, 0.6) is 0 Å². The van der Waals surface area contributed by atoms with Gasteiger partial charge in [-0.2, -0.15) is 0 Å². The first-order valence-corrected chi connectivity index (χ1v) is 7.51. The first-order chi connectivity index (χ1) is 8.27. The maximum absolute atomic E-state index is 11.7. The molecule has 5 nitrogen and oxygen atoms in total. The zero-order valence-corrected chi connectivity index (χ0v) is 12.0. The van der Waals surface area contributed by atoms with Crippen molar-refractivity contribution in [1.82, 2.24) is 5.32 Å². The Morgan fingerprint density at radius 2 is 2.06 bits per heavy atom. The SMILES string of the molecule is CCNC(=O)c1ccc(Cl)c(N(C)S(C)(=O)=O)c1. The molecule has 18 heavy (non-hydrogen) atoms. The Kier molecular flexibility index (Phi) is 4.59. The zero-order chi connectivity index (χ0) is 13.9. The zero-order valence-electron chi connectivity index (χ0n) is 10.4. The van der Waals surface area contributed by atoms with Gasteiger partial charge in [0.2, 0.25) is 10.0 Å². The van der Waals surface area contributed by atoms with Crippen molar-refractivity contribution in [2.24, 2.45) is 0 Å². The van der Waals surface area contributed by atoms with Crippen LogP contribution in [0.25, 0.3) is 0 Å². The largest absolute Gasteiger partial charge is 0.352 e. The van der Waals surface area contributed by atoms with Gasteiger partial charge in [-0.1, -0.05) is 11.6 Å². The Bertz CT molecular complexity index is 557. The third kappa shape index (κ3) is 3.36. The number of nitrogens with zero attached hydrogens (tertiary/aromatic N) is 1. The molecule has 1 aromatic carbocycles. The minimum atomic E-state index is -3.42. The van der Waals surface area contributed by atoms with E-state index in [2.05, 4.69) is 5.32 Å². The number of rotatable bonds is 4. The highest BCUT2D eigenvalue weighted by Crippen LogP contribution is 2.27. The first kappa shape index (κ1) is 14.8. The summed E-state index contributed by atoms with van der Waals surface area (Å²) in [5.41, 5.74) is 0.648. The molecule has 1 N–H and O–H groups in total. The molecule has 1 amide bonds. The summed E-state index contributed by atoms with van der Waals surface area (Å²) in [5.74, 6) is -0.266. The van der Waals surface area contributed by atoms with Crippen LogP contribution in [-0.4, -0.2) is 34.2 Å². The fraction of sp³-hybridized carbons (Fsp3) is 0.364. The third-order valence-electron chi connectivity index (χ3n) is 2.38. The lowest BCUT2D eigenvalue weighted by Crippen LogP contribution is -2.26. The molecule has 0 heterocycles. The van der Waals surface area contributed by atoms with Crippen LogP contribution in [0.2, 0.25) is 5.02 Å². The molecule has 0 atom stereocenters. The van der Waals surface area contributed by atoms with E-state index in [9.17, 15) is 13.2 Å². The molecule has 100 valence electrons. The maximum Gasteiger partial charge on any atom is 0.251 e. The van der Waals surface area contributed by atoms with Gasteiger partial charge >= 0.3 is 0 Å². The molecule has 0 spiro atoms. The predicted molar refractivity (Wildman–Crippen MR) is 72.7 cm³/mol. The van der Waals surface area contributed by atoms with E-state index in [1.807, 2.05) is 0 Å². The number of sulfonamides is 1. The second-order valence-electron chi connectivity index (χ2n) is 3.76. The number of hydrogen-bond acceptors (Lipinski definition) is 3. The Morgan fingerprint density at radius 3 is 2.56 bits per heavy atom. The van der Waals surface area contributed by atoms with E-state index in [0.29, 0.717) is 12.1 Å². The van der Waals surface area contributed by atoms with Crippen LogP contribution in [0.1, 0.15) is 17.3 Å². The van der Waals surface area contributed by atoms with E-state index in [1.54, 1.807) is 13.0 Å². The molecule has 1 aromatic rings. The van der Waals surface area contributed by atoms with Gasteiger partial charge in [0.1, 0.15) is 0 Å². The highest BCUT2D eigenvalue weighted by molar-refractivity contribution is 7.92. The summed E-state index contributed by atoms with van der Waals surface area (Å²) in [6.45, 7) is 2.30. The Hall–Kier alpha value is -1.27. The number of nitrogens with one attached hydrogen (secondary N) is 1. The molecule has 0 unspecified atom stereocenters. The average molecular weight is 291 g/mol. The van der Waals surface area contributed by atoms with Crippen molar-refractivity contribution in [2.45, 2.75) is 6.92 Å². The number of carbonyl (C=O) groups is 1. The third-order valence-corrected chi connectivity index (χ3v) is 3.89. The van der Waals surface area contributed by atoms with Crippen LogP contribution in [0.4, 0.5) is 5.69 Å². The first-order valence-electron chi connectivity index (χ1n) is 5.29. The summed E-state index contributed by atoms with van der Waals surface area (Å²) in [7, 11) is -2.03. The quantitative estimate of drug-likeness (QED) is 0.913. The lowest BCUT2D eigenvalue weighted by atomic mass is 10.2. The molecule has 0 bridgehead atoms. The van der Waals surface area contributed by atoms with Crippen molar-refractivity contribution in [3.05, 3.63) is 28.8 Å². The van der Waals surface area contributed by atoms with Gasteiger partial charge in [0.15, 0.2) is 0 Å². The van der Waals surface area contributed by atoms with Crippen LogP contribution in [0, 0.1) is 0 Å². The van der Waals surface area contributed by atoms with Crippen molar-refractivity contribution in [1.29, 1.82) is 0 Å². The van der Waals surface area contributed by atoms with Gasteiger partial charge in [-0.25, -0.2) is 8.42 Å². The van der Waals surface area contributed by atoms with Crippen molar-refractivity contribution in [2.75, 3.05) is 24.2 Å². The minimum Gasteiger partial charge on any atom is -0.352 e. The average Bonchev–Trinajstić information content (AvgIpc) is 2.27. The highest BCUT2D eigenvalue weighted by atomic mass is 35.5. The van der Waals surface area contributed by atoms with E-state index in [-0.39, 0.29) is 16.6 Å². The van der Waals surface area contributed by atoms with Crippen molar-refractivity contribution < 1.29 is 13.2 Å². The van der Waals surface area contributed by atoms with Gasteiger partial charge in [0, 0.05) is 19.2 Å². The second-order valence-corrected chi connectivity index (χ2v) is 6.18. The predicted octanol–water partition coefficient (Wildman–Crippen LogP) is 1.49. The molecule has 0 aliphatic carbocycles. The van der Waals surface area contributed by atoms with E-state index < -0.39 is 10.0 Å². The lowest BCUT2D eigenvalue weighted by molar-refractivity contribution is 0.0956. The van der Waals surface area contributed by atoms with Crippen LogP contribution in [-0.2, 0) is 10.0 Å². The van der Waals surface area contributed by atoms with Crippen molar-refractivity contribution in [3.63, 3.8) is 0 Å². The van der Waals surface area contributed by atoms with Gasteiger partial charge < -0.3 is 5.32 Å². The highest BCUT2D eigenvalue weighted by Gasteiger charge is 2.17. The summed E-state index contributed by atoms with van der Waals surface area (Å²) < 4.78 is 24.0. The van der Waals surface area contributed by atoms with E-state index in [0.717, 1.165) is 10.6 Å². The number of amides is 1. The van der Waals surface area contributed by atoms with Gasteiger partial charge in [0.05, 0.1) is 17.0 Å². The van der Waals surface area contributed by atoms with E-state index >= 15 is 0 Å². The van der Waals surface area contributed by atoms with Crippen LogP contribution < -0.4 is 9.62 Å². The maximum atomic E-state index is 11.7. The second kappa shape index (κ2) is 5.58. The molecular formula is C11H15ClN2O3S. The van der Waals surface area contributed by atoms with Gasteiger partial charge in [-0.05, 0) is 25.1 Å². The molecule has 0 aliphatic heterocycles. The Morgan fingerprint density at radius 1 is 1.44 bits per heavy atom. The monoisotopic (exact) mass is 290 g/mol. The molecule has 0 aliphatic rings. The van der Waals surface area contributed by atoms with Crippen LogP contribution in [0.3, 0.4) is 0 Å². The smallest absolute Gasteiger partial charge is 0.251 e. The summed E-state index contributed by atoms with van der Waals surface area (Å²) in [6, 6.07) is 4.50. The number of anilines is 1. The molecule has 0 aromatic heterocycles. The van der Waals surface area contributed by atoms with Gasteiger partial charge in [-0.3, -0.25) is 9.10 Å². The van der Waals surface area contributed by atoms with E-state index in [1.165, 1.54) is 19.2 Å². The molecule has 0 fully saturated rings. The number of benzene rings is 1. The number of halogens is 1. The van der Waals surface area contributed by atoms with Crippen LogP contribution in [0.15, 0.2) is 18.2 Å². The topological polar surface area (TPSA) is 66.5 Å². The molecule has 0 saturated carbocycles. The summed E-state index contributed by atoms with van der Waals surface area (Å²) >= 11 is 5.94. The molecule has 7 heteroatoms. The number of hydrogen-bond donors (Lipinski definition) is 1. The summed E-state index contributed by atoms with van der Waals surface area (Å²) in [6.07, 6.45) is 1.07. The normalized spacial score (nSPS) is 11.1. The van der Waals surface area contributed by atoms with Crippen molar-refractivity contribution >= 4 is 33.2 Å². The fourth-order valence-corrected chi connectivity index (χ4v) is 2.14. The molecule has 1 rings (SSSR count). The van der Waals surface area contributed by atoms with E-state index in [4.69, 9.17) is 11.6 Å². The summed E-state index contributed by atoms with van der Waals surface area (Å²) in [5, 5.41) is 2.91. The minimum absolute atomic E-state index is 0.266.